The summed E-state index contributed by atoms with van der Waals surface area (Å²) in [6.45, 7) is 3.37. The van der Waals surface area contributed by atoms with E-state index in [1.165, 1.54) is 40.5 Å². The van der Waals surface area contributed by atoms with E-state index in [0.717, 1.165) is 29.7 Å². The molecule has 1 aromatic heterocycles. The minimum absolute atomic E-state index is 0.129. The van der Waals surface area contributed by atoms with Crippen LogP contribution in [0.2, 0.25) is 0 Å². The predicted molar refractivity (Wildman–Crippen MR) is 152 cm³/mol. The molecule has 4 heterocycles. The Morgan fingerprint density at radius 3 is 2.64 bits per heavy atom. The molecule has 1 fully saturated rings. The number of rotatable bonds is 4. The maximum absolute atomic E-state index is 15.4. The molecule has 4 atom stereocenters. The molecule has 0 N–H and O–H groups in total. The van der Waals surface area contributed by atoms with Gasteiger partial charge in [-0.05, 0) is 37.1 Å². The zero-order valence-corrected chi connectivity index (χ0v) is 24.6. The highest BCUT2D eigenvalue weighted by Gasteiger charge is 2.49. The Labute approximate surface area is 254 Å². The molecule has 1 saturated heterocycles. The van der Waals surface area contributed by atoms with Crippen molar-refractivity contribution in [1.82, 2.24) is 9.58 Å². The first kappa shape index (κ1) is 29.6. The van der Waals surface area contributed by atoms with E-state index in [0.29, 0.717) is 5.56 Å². The van der Waals surface area contributed by atoms with E-state index in [-0.39, 0.29) is 30.2 Å². The van der Waals surface area contributed by atoms with E-state index in [1.54, 1.807) is 11.9 Å². The van der Waals surface area contributed by atoms with Crippen LogP contribution in [0.3, 0.4) is 0 Å². The van der Waals surface area contributed by atoms with Gasteiger partial charge in [0.05, 0.1) is 25.9 Å². The monoisotopic (exact) mass is 627 g/mol. The molecule has 3 aliphatic rings. The summed E-state index contributed by atoms with van der Waals surface area (Å²) in [7, 11) is 1.11. The molecule has 6 rings (SSSR count). The highest BCUT2D eigenvalue weighted by molar-refractivity contribution is 7.98. The molecular formula is C30H27F2N3O8S. The van der Waals surface area contributed by atoms with Gasteiger partial charge >= 0.3 is 12.1 Å². The number of hydrogen-bond donors (Lipinski definition) is 0. The van der Waals surface area contributed by atoms with Crippen molar-refractivity contribution in [3.63, 3.8) is 0 Å². The lowest BCUT2D eigenvalue weighted by Gasteiger charge is -2.53. The van der Waals surface area contributed by atoms with E-state index in [2.05, 4.69) is 4.74 Å². The van der Waals surface area contributed by atoms with Crippen molar-refractivity contribution in [1.29, 1.82) is 0 Å². The summed E-state index contributed by atoms with van der Waals surface area (Å²) in [6.07, 6.45) is -2.72. The summed E-state index contributed by atoms with van der Waals surface area (Å²) in [4.78, 5) is 54.0. The number of thioether (sulfide) groups is 1. The molecule has 3 aliphatic heterocycles. The van der Waals surface area contributed by atoms with Crippen molar-refractivity contribution in [3.8, 4) is 5.75 Å². The molecular weight excluding hydrogens is 600 g/mol. The lowest BCUT2D eigenvalue weighted by atomic mass is 9.92. The van der Waals surface area contributed by atoms with Gasteiger partial charge in [-0.25, -0.2) is 18.4 Å². The molecule has 11 nitrogen and oxygen atoms in total. The number of esters is 1. The standard InChI is InChI=1S/C30H27F2N3O8S/c1-15-27-33(12-13-41-15)28(37)25-26(43-30(39)42-16(2)29(38)40-3)21(36)10-11-34(25)35(27)24-17-8-9-20(31)23(32)19(17)14-44-22-7-5-4-6-18(22)24/h4-11,15-16,24,27H,12-14H2,1-3H3/t15-,16+,24-,27+/m0/s1. The fraction of sp³-hybridized carbons (Fsp3) is 0.333. The van der Waals surface area contributed by atoms with Crippen LogP contribution in [0.4, 0.5) is 13.6 Å². The van der Waals surface area contributed by atoms with Crippen LogP contribution in [-0.4, -0.2) is 66.2 Å². The number of fused-ring (bicyclic) bond motifs is 4. The van der Waals surface area contributed by atoms with Gasteiger partial charge in [0.2, 0.25) is 11.2 Å². The van der Waals surface area contributed by atoms with Crippen LogP contribution in [0.1, 0.15) is 47.1 Å². The summed E-state index contributed by atoms with van der Waals surface area (Å²) in [5.74, 6) is -3.91. The molecule has 1 amide bonds. The van der Waals surface area contributed by atoms with Crippen LogP contribution >= 0.6 is 11.8 Å². The largest absolute Gasteiger partial charge is 0.514 e. The molecule has 44 heavy (non-hydrogen) atoms. The maximum Gasteiger partial charge on any atom is 0.514 e. The normalized spacial score (nSPS) is 21.2. The molecule has 14 heteroatoms. The average molecular weight is 628 g/mol. The van der Waals surface area contributed by atoms with Crippen LogP contribution in [0, 0.1) is 11.6 Å². The Bertz CT molecular complexity index is 1730. The van der Waals surface area contributed by atoms with Gasteiger partial charge in [0.15, 0.2) is 23.4 Å². The molecule has 0 unspecified atom stereocenters. The van der Waals surface area contributed by atoms with E-state index in [9.17, 15) is 23.6 Å². The molecule has 230 valence electrons. The Morgan fingerprint density at radius 1 is 1.09 bits per heavy atom. The zero-order valence-electron chi connectivity index (χ0n) is 23.8. The Balaban J connectivity index is 1.57. The van der Waals surface area contributed by atoms with Crippen molar-refractivity contribution in [2.45, 2.75) is 48.9 Å². The fourth-order valence-electron chi connectivity index (χ4n) is 5.84. The lowest BCUT2D eigenvalue weighted by molar-refractivity contribution is -0.150. The number of aromatic nitrogens is 1. The zero-order chi connectivity index (χ0) is 31.3. The predicted octanol–water partition coefficient (Wildman–Crippen LogP) is 3.74. The fourth-order valence-corrected chi connectivity index (χ4v) is 6.96. The van der Waals surface area contributed by atoms with Crippen molar-refractivity contribution < 1.29 is 42.1 Å². The number of halogens is 2. The second-order valence-electron chi connectivity index (χ2n) is 10.4. The molecule has 0 saturated carbocycles. The van der Waals surface area contributed by atoms with E-state index >= 15 is 4.39 Å². The van der Waals surface area contributed by atoms with Crippen molar-refractivity contribution >= 4 is 29.8 Å². The van der Waals surface area contributed by atoms with E-state index in [4.69, 9.17) is 14.2 Å². The summed E-state index contributed by atoms with van der Waals surface area (Å²) >= 11 is 1.35. The number of benzene rings is 2. The highest BCUT2D eigenvalue weighted by atomic mass is 32.2. The number of amides is 1. The molecule has 0 bridgehead atoms. The van der Waals surface area contributed by atoms with Crippen LogP contribution in [0.5, 0.6) is 5.75 Å². The Morgan fingerprint density at radius 2 is 1.86 bits per heavy atom. The van der Waals surface area contributed by atoms with Gasteiger partial charge in [0.25, 0.3) is 5.91 Å². The smallest absolute Gasteiger partial charge is 0.466 e. The number of carbonyl (C=O) groups is 3. The summed E-state index contributed by atoms with van der Waals surface area (Å²) in [5.41, 5.74) is 0.268. The minimum Gasteiger partial charge on any atom is -0.466 e. The third-order valence-corrected chi connectivity index (χ3v) is 8.95. The minimum atomic E-state index is -1.40. The molecule has 2 aromatic carbocycles. The van der Waals surface area contributed by atoms with Crippen LogP contribution < -0.4 is 15.2 Å². The van der Waals surface area contributed by atoms with Gasteiger partial charge in [-0.15, -0.1) is 11.8 Å². The molecule has 3 aromatic rings. The summed E-state index contributed by atoms with van der Waals surface area (Å²) in [6, 6.07) is 10.3. The van der Waals surface area contributed by atoms with Gasteiger partial charge in [-0.1, -0.05) is 24.3 Å². The summed E-state index contributed by atoms with van der Waals surface area (Å²) in [5, 5.41) is 1.76. The van der Waals surface area contributed by atoms with E-state index < -0.39 is 65.3 Å². The highest BCUT2D eigenvalue weighted by Crippen LogP contribution is 2.45. The second-order valence-corrected chi connectivity index (χ2v) is 11.4. The van der Waals surface area contributed by atoms with Crippen molar-refractivity contribution in [3.05, 3.63) is 92.9 Å². The number of methoxy groups -OCH3 is 1. The molecule has 0 spiro atoms. The van der Waals surface area contributed by atoms with Gasteiger partial charge in [-0.3, -0.25) is 19.3 Å². The maximum atomic E-state index is 15.4. The first-order valence-corrected chi connectivity index (χ1v) is 14.7. The van der Waals surface area contributed by atoms with Crippen molar-refractivity contribution in [2.24, 2.45) is 0 Å². The number of nitrogens with zero attached hydrogens (tertiary/aromatic N) is 3. The summed E-state index contributed by atoms with van der Waals surface area (Å²) < 4.78 is 52.1. The van der Waals surface area contributed by atoms with Gasteiger partial charge in [-0.2, -0.15) is 0 Å². The third kappa shape index (κ3) is 4.87. The third-order valence-electron chi connectivity index (χ3n) is 7.84. The van der Waals surface area contributed by atoms with Crippen LogP contribution in [0.25, 0.3) is 0 Å². The topological polar surface area (TPSA) is 117 Å². The van der Waals surface area contributed by atoms with Crippen LogP contribution in [-0.2, 0) is 24.8 Å². The molecule has 0 aliphatic carbocycles. The van der Waals surface area contributed by atoms with Crippen molar-refractivity contribution in [2.75, 3.05) is 25.3 Å². The number of ether oxygens (including phenoxy) is 4. The first-order valence-electron chi connectivity index (χ1n) is 13.7. The molecule has 0 radical (unpaired) electrons. The number of morpholine rings is 1. The first-order chi connectivity index (χ1) is 21.1. The quantitative estimate of drug-likeness (QED) is 0.396. The second kappa shape index (κ2) is 11.6. The number of pyridine rings is 1. The van der Waals surface area contributed by atoms with Gasteiger partial charge < -0.3 is 23.8 Å². The van der Waals surface area contributed by atoms with E-state index in [1.807, 2.05) is 24.3 Å². The SMILES string of the molecule is COC(=O)[C@@H](C)OC(=O)Oc1c2n(ccc1=O)N([C@@H]1c3ccccc3SCc3c1ccc(F)c3F)[C@@H]1[C@H](C)OCCN1C2=O. The van der Waals surface area contributed by atoms with Gasteiger partial charge in [0.1, 0.15) is 6.17 Å². The Hall–Kier alpha value is -4.43. The number of carbonyl (C=O) groups excluding carboxylic acids is 3. The average Bonchev–Trinajstić information content (AvgIpc) is 3.17. The van der Waals surface area contributed by atoms with Gasteiger partial charge in [0, 0.05) is 35.0 Å². The van der Waals surface area contributed by atoms with Crippen LogP contribution in [0.15, 0.2) is 58.4 Å². The Kier molecular flexibility index (Phi) is 7.80. The number of hydrogen-bond acceptors (Lipinski definition) is 10. The lowest BCUT2D eigenvalue weighted by Crippen LogP contribution is -2.68.